The predicted octanol–water partition coefficient (Wildman–Crippen LogP) is 3.77. The van der Waals surface area contributed by atoms with Gasteiger partial charge in [0, 0.05) is 4.47 Å². The highest BCUT2D eigenvalue weighted by atomic mass is 79.9. The molecule has 2 N–H and O–H groups in total. The minimum Gasteiger partial charge on any atom is -0.323 e. The van der Waals surface area contributed by atoms with E-state index < -0.39 is 0 Å². The van der Waals surface area contributed by atoms with Gasteiger partial charge in [-0.1, -0.05) is 40.2 Å². The van der Waals surface area contributed by atoms with Gasteiger partial charge in [-0.2, -0.15) is 5.10 Å². The van der Waals surface area contributed by atoms with E-state index in [4.69, 9.17) is 0 Å². The number of aromatic amines is 1. The van der Waals surface area contributed by atoms with Crippen molar-refractivity contribution in [3.63, 3.8) is 0 Å². The van der Waals surface area contributed by atoms with E-state index in [0.29, 0.717) is 5.95 Å². The van der Waals surface area contributed by atoms with E-state index >= 15 is 0 Å². The summed E-state index contributed by atoms with van der Waals surface area (Å²) in [7, 11) is 0. The molecule has 5 heteroatoms. The van der Waals surface area contributed by atoms with Gasteiger partial charge < -0.3 is 4.98 Å². The lowest BCUT2D eigenvalue weighted by atomic mass is 10.2. The van der Waals surface area contributed by atoms with Gasteiger partial charge in [-0.05, 0) is 29.8 Å². The van der Waals surface area contributed by atoms with Crippen LogP contribution in [0.15, 0.2) is 58.1 Å². The number of hydrogen-bond acceptors (Lipinski definition) is 3. The Morgan fingerprint density at radius 2 is 1.89 bits per heavy atom. The number of H-pyrrole nitrogens is 1. The first kappa shape index (κ1) is 11.9. The lowest BCUT2D eigenvalue weighted by molar-refractivity contribution is 1.21. The maximum atomic E-state index is 4.37. The Morgan fingerprint density at radius 3 is 2.68 bits per heavy atom. The molecule has 0 saturated heterocycles. The number of hydrogen-bond donors (Lipinski definition) is 2. The van der Waals surface area contributed by atoms with Gasteiger partial charge in [0.25, 0.3) is 0 Å². The number of imidazole rings is 1. The molecule has 0 spiro atoms. The molecule has 1 heterocycles. The summed E-state index contributed by atoms with van der Waals surface area (Å²) < 4.78 is 1.05. The molecule has 0 aliphatic carbocycles. The number of nitrogens with zero attached hydrogens (tertiary/aromatic N) is 2. The normalized spacial score (nSPS) is 11.2. The SMILES string of the molecule is Brc1ccc(C=NNc2nc3ccccc3[nH]2)cc1. The van der Waals surface area contributed by atoms with E-state index in [-0.39, 0.29) is 0 Å². The molecule has 94 valence electrons. The van der Waals surface area contributed by atoms with Crippen molar-refractivity contribution in [2.75, 3.05) is 5.43 Å². The number of halogens is 1. The lowest BCUT2D eigenvalue weighted by Gasteiger charge is -1.94. The fourth-order valence-electron chi connectivity index (χ4n) is 1.72. The number of hydrazone groups is 1. The van der Waals surface area contributed by atoms with Crippen LogP contribution in [-0.2, 0) is 0 Å². The third-order valence-corrected chi connectivity index (χ3v) is 3.17. The highest BCUT2D eigenvalue weighted by Gasteiger charge is 1.99. The van der Waals surface area contributed by atoms with E-state index in [9.17, 15) is 0 Å². The van der Waals surface area contributed by atoms with Gasteiger partial charge in [0.2, 0.25) is 5.95 Å². The third-order valence-electron chi connectivity index (χ3n) is 2.64. The first-order valence-corrected chi connectivity index (χ1v) is 6.60. The van der Waals surface area contributed by atoms with E-state index in [2.05, 4.69) is 36.4 Å². The van der Waals surface area contributed by atoms with Crippen LogP contribution in [0.1, 0.15) is 5.56 Å². The van der Waals surface area contributed by atoms with E-state index in [1.807, 2.05) is 48.5 Å². The number of rotatable bonds is 3. The van der Waals surface area contributed by atoms with Crippen molar-refractivity contribution in [1.29, 1.82) is 0 Å². The van der Waals surface area contributed by atoms with Crippen molar-refractivity contribution >= 4 is 39.1 Å². The van der Waals surface area contributed by atoms with Crippen LogP contribution < -0.4 is 5.43 Å². The minimum atomic E-state index is 0.634. The molecule has 4 nitrogen and oxygen atoms in total. The van der Waals surface area contributed by atoms with Crippen molar-refractivity contribution in [3.05, 3.63) is 58.6 Å². The number of fused-ring (bicyclic) bond motifs is 1. The van der Waals surface area contributed by atoms with Crippen LogP contribution >= 0.6 is 15.9 Å². The van der Waals surface area contributed by atoms with Crippen LogP contribution in [0.2, 0.25) is 0 Å². The second-order valence-corrected chi connectivity index (χ2v) is 4.94. The molecule has 0 radical (unpaired) electrons. The quantitative estimate of drug-likeness (QED) is 0.571. The Balaban J connectivity index is 1.73. The Bertz CT molecular complexity index is 683. The monoisotopic (exact) mass is 314 g/mol. The average Bonchev–Trinajstić information content (AvgIpc) is 2.83. The highest BCUT2D eigenvalue weighted by Crippen LogP contribution is 2.13. The Kier molecular flexibility index (Phi) is 3.29. The van der Waals surface area contributed by atoms with Crippen LogP contribution in [0.25, 0.3) is 11.0 Å². The standard InChI is InChI=1S/C14H11BrN4/c15-11-7-5-10(6-8-11)9-16-19-14-17-12-3-1-2-4-13(12)18-14/h1-9H,(H2,17,18,19). The fraction of sp³-hybridized carbons (Fsp3) is 0. The zero-order chi connectivity index (χ0) is 13.1. The summed E-state index contributed by atoms with van der Waals surface area (Å²) in [4.78, 5) is 7.52. The van der Waals surface area contributed by atoms with E-state index in [1.54, 1.807) is 6.21 Å². The maximum absolute atomic E-state index is 4.37. The molecule has 0 atom stereocenters. The molecule has 3 rings (SSSR count). The summed E-state index contributed by atoms with van der Waals surface area (Å²) >= 11 is 3.39. The number of anilines is 1. The summed E-state index contributed by atoms with van der Waals surface area (Å²) in [6.45, 7) is 0. The van der Waals surface area contributed by atoms with Gasteiger partial charge >= 0.3 is 0 Å². The van der Waals surface area contributed by atoms with Crippen LogP contribution in [0.5, 0.6) is 0 Å². The molecule has 0 bridgehead atoms. The Labute approximate surface area is 118 Å². The summed E-state index contributed by atoms with van der Waals surface area (Å²) in [5, 5.41) is 4.15. The van der Waals surface area contributed by atoms with Crippen LogP contribution in [0.4, 0.5) is 5.95 Å². The maximum Gasteiger partial charge on any atom is 0.222 e. The first-order valence-electron chi connectivity index (χ1n) is 5.81. The topological polar surface area (TPSA) is 53.1 Å². The summed E-state index contributed by atoms with van der Waals surface area (Å²) in [6, 6.07) is 15.8. The molecular formula is C14H11BrN4. The largest absolute Gasteiger partial charge is 0.323 e. The molecule has 1 aromatic heterocycles. The van der Waals surface area contributed by atoms with Crippen molar-refractivity contribution in [1.82, 2.24) is 9.97 Å². The smallest absolute Gasteiger partial charge is 0.222 e. The van der Waals surface area contributed by atoms with Gasteiger partial charge in [-0.15, -0.1) is 0 Å². The van der Waals surface area contributed by atoms with Gasteiger partial charge in [-0.25, -0.2) is 10.4 Å². The molecule has 0 saturated carbocycles. The van der Waals surface area contributed by atoms with Crippen molar-refractivity contribution in [3.8, 4) is 0 Å². The Hall–Kier alpha value is -2.14. The fourth-order valence-corrected chi connectivity index (χ4v) is 1.99. The van der Waals surface area contributed by atoms with Gasteiger partial charge in [0.05, 0.1) is 17.2 Å². The molecule has 0 unspecified atom stereocenters. The minimum absolute atomic E-state index is 0.634. The summed E-state index contributed by atoms with van der Waals surface area (Å²) in [5.74, 6) is 0.634. The summed E-state index contributed by atoms with van der Waals surface area (Å²) in [6.07, 6.45) is 1.75. The second-order valence-electron chi connectivity index (χ2n) is 4.02. The number of nitrogens with one attached hydrogen (secondary N) is 2. The molecule has 0 aliphatic heterocycles. The highest BCUT2D eigenvalue weighted by molar-refractivity contribution is 9.10. The van der Waals surface area contributed by atoms with Gasteiger partial charge in [0.1, 0.15) is 0 Å². The molecule has 0 amide bonds. The number of benzene rings is 2. The number of aromatic nitrogens is 2. The van der Waals surface area contributed by atoms with Crippen LogP contribution in [0, 0.1) is 0 Å². The van der Waals surface area contributed by atoms with Crippen molar-refractivity contribution in [2.24, 2.45) is 5.10 Å². The summed E-state index contributed by atoms with van der Waals surface area (Å²) in [5.41, 5.74) is 5.82. The Morgan fingerprint density at radius 1 is 1.11 bits per heavy atom. The molecular weight excluding hydrogens is 304 g/mol. The third kappa shape index (κ3) is 2.82. The predicted molar refractivity (Wildman–Crippen MR) is 81.5 cm³/mol. The molecule has 0 fully saturated rings. The molecule has 0 aliphatic rings. The lowest BCUT2D eigenvalue weighted by Crippen LogP contribution is -1.92. The molecule has 19 heavy (non-hydrogen) atoms. The van der Waals surface area contributed by atoms with E-state index in [1.165, 1.54) is 0 Å². The van der Waals surface area contributed by atoms with Crippen LogP contribution in [-0.4, -0.2) is 16.2 Å². The zero-order valence-corrected chi connectivity index (χ0v) is 11.6. The van der Waals surface area contributed by atoms with Crippen molar-refractivity contribution < 1.29 is 0 Å². The van der Waals surface area contributed by atoms with Gasteiger partial charge in [-0.3, -0.25) is 0 Å². The van der Waals surface area contributed by atoms with Gasteiger partial charge in [0.15, 0.2) is 0 Å². The average molecular weight is 315 g/mol. The molecule has 2 aromatic carbocycles. The molecule has 3 aromatic rings. The van der Waals surface area contributed by atoms with Crippen LogP contribution in [0.3, 0.4) is 0 Å². The second kappa shape index (κ2) is 5.24. The number of para-hydroxylation sites is 2. The first-order chi connectivity index (χ1) is 9.31. The van der Waals surface area contributed by atoms with E-state index in [0.717, 1.165) is 21.1 Å². The van der Waals surface area contributed by atoms with Crippen molar-refractivity contribution in [2.45, 2.75) is 0 Å². The zero-order valence-electron chi connectivity index (χ0n) is 9.97.